The molecule has 0 atom stereocenters. The van der Waals surface area contributed by atoms with Crippen molar-refractivity contribution in [2.45, 2.75) is 52.3 Å². The van der Waals surface area contributed by atoms with Crippen LogP contribution in [0.1, 0.15) is 40.4 Å². The largest absolute Gasteiger partial charge is 0.444 e. The van der Waals surface area contributed by atoms with Gasteiger partial charge >= 0.3 is 6.09 Å². The van der Waals surface area contributed by atoms with E-state index in [9.17, 15) is 4.79 Å². The molecule has 0 unspecified atom stereocenters. The highest BCUT2D eigenvalue weighted by Gasteiger charge is 2.24. The van der Waals surface area contributed by atoms with Crippen LogP contribution in [0.4, 0.5) is 4.79 Å². The molecule has 9 nitrogen and oxygen atoms in total. The number of fused-ring (bicyclic) bond motifs is 1. The smallest absolute Gasteiger partial charge is 0.408 e. The van der Waals surface area contributed by atoms with Crippen LogP contribution in [-0.2, 0) is 11.3 Å². The van der Waals surface area contributed by atoms with Crippen molar-refractivity contribution in [2.75, 3.05) is 13.6 Å². The molecule has 0 saturated carbocycles. The minimum Gasteiger partial charge on any atom is -0.444 e. The average Bonchev–Trinajstić information content (AvgIpc) is 2.96. The van der Waals surface area contributed by atoms with Gasteiger partial charge in [0.05, 0.1) is 12.1 Å². The van der Waals surface area contributed by atoms with E-state index in [4.69, 9.17) is 4.74 Å². The van der Waals surface area contributed by atoms with Gasteiger partial charge in [0.2, 0.25) is 0 Å². The third kappa shape index (κ3) is 7.49. The van der Waals surface area contributed by atoms with Crippen LogP contribution in [0.2, 0.25) is 0 Å². The number of nitrogens with one attached hydrogen (secondary N) is 3. The topological polar surface area (TPSA) is 105 Å². The second kappa shape index (κ2) is 9.89. The maximum absolute atomic E-state index is 12.0. The van der Waals surface area contributed by atoms with E-state index in [-0.39, 0.29) is 24.0 Å². The van der Waals surface area contributed by atoms with E-state index < -0.39 is 17.2 Å². The van der Waals surface area contributed by atoms with Gasteiger partial charge in [-0.2, -0.15) is 0 Å². The molecule has 0 aromatic carbocycles. The predicted molar refractivity (Wildman–Crippen MR) is 120 cm³/mol. The number of rotatable bonds is 5. The molecule has 156 valence electrons. The van der Waals surface area contributed by atoms with Crippen LogP contribution in [0.15, 0.2) is 29.4 Å². The van der Waals surface area contributed by atoms with Crippen LogP contribution < -0.4 is 16.0 Å². The molecule has 0 radical (unpaired) electrons. The molecule has 2 aromatic heterocycles. The zero-order chi connectivity index (χ0) is 20.1. The van der Waals surface area contributed by atoms with Crippen LogP contribution in [-0.4, -0.2) is 51.4 Å². The van der Waals surface area contributed by atoms with Crippen LogP contribution in [0.5, 0.6) is 0 Å². The summed E-state index contributed by atoms with van der Waals surface area (Å²) in [6, 6.07) is 5.74. The Labute approximate surface area is 182 Å². The van der Waals surface area contributed by atoms with Crippen LogP contribution in [0.3, 0.4) is 0 Å². The van der Waals surface area contributed by atoms with E-state index in [0.29, 0.717) is 19.0 Å². The number of guanidine groups is 1. The first kappa shape index (κ1) is 23.9. The third-order valence-electron chi connectivity index (χ3n) is 3.56. The van der Waals surface area contributed by atoms with Gasteiger partial charge in [-0.05, 0) is 46.8 Å². The second-order valence-corrected chi connectivity index (χ2v) is 7.84. The number of carbonyl (C=O) groups excluding carboxylic acids is 1. The Morgan fingerprint density at radius 1 is 1.18 bits per heavy atom. The summed E-state index contributed by atoms with van der Waals surface area (Å²) in [5.74, 6) is 1.38. The SMILES string of the molecule is CN=C(NCc1nnc2ccccn12)NCC(C)(C)NC(=O)OC(C)(C)C.I. The first-order valence-corrected chi connectivity index (χ1v) is 8.84. The van der Waals surface area contributed by atoms with Crippen LogP contribution in [0, 0.1) is 0 Å². The normalized spacial score (nSPS) is 12.3. The van der Waals surface area contributed by atoms with E-state index in [1.807, 2.05) is 63.4 Å². The standard InChI is InChI=1S/C18H29N7O2.HI/c1-17(2,3)27-16(26)22-18(4,5)12-21-15(19-6)20-11-14-24-23-13-9-7-8-10-25(13)14;/h7-10H,11-12H2,1-6H3,(H,22,26)(H2,19,20,21);1H. The summed E-state index contributed by atoms with van der Waals surface area (Å²) in [5, 5.41) is 17.6. The number of amides is 1. The summed E-state index contributed by atoms with van der Waals surface area (Å²) in [7, 11) is 1.69. The Morgan fingerprint density at radius 3 is 2.54 bits per heavy atom. The quantitative estimate of drug-likeness (QED) is 0.329. The Kier molecular flexibility index (Phi) is 8.46. The van der Waals surface area contributed by atoms with Crippen molar-refractivity contribution in [3.05, 3.63) is 30.2 Å². The van der Waals surface area contributed by atoms with Crippen LogP contribution >= 0.6 is 24.0 Å². The van der Waals surface area contributed by atoms with Gasteiger partial charge in [0.25, 0.3) is 0 Å². The lowest BCUT2D eigenvalue weighted by atomic mass is 10.1. The number of aliphatic imine (C=N–C) groups is 1. The first-order chi connectivity index (χ1) is 12.6. The fourth-order valence-corrected chi connectivity index (χ4v) is 2.32. The molecule has 0 spiro atoms. The van der Waals surface area contributed by atoms with Gasteiger partial charge in [-0.15, -0.1) is 34.2 Å². The minimum absolute atomic E-state index is 0. The van der Waals surface area contributed by atoms with Crippen molar-refractivity contribution in [1.82, 2.24) is 30.5 Å². The van der Waals surface area contributed by atoms with E-state index in [1.165, 1.54) is 0 Å². The molecule has 10 heteroatoms. The first-order valence-electron chi connectivity index (χ1n) is 8.84. The molecule has 0 bridgehead atoms. The average molecular weight is 503 g/mol. The lowest BCUT2D eigenvalue weighted by Gasteiger charge is -2.29. The molecule has 1 amide bonds. The van der Waals surface area contributed by atoms with Crippen molar-refractivity contribution >= 4 is 41.7 Å². The number of halogens is 1. The Balaban J connectivity index is 0.00000392. The molecule has 2 aromatic rings. The molecule has 0 saturated heterocycles. The van der Waals surface area contributed by atoms with E-state index >= 15 is 0 Å². The molecule has 0 fully saturated rings. The van der Waals surface area contributed by atoms with Gasteiger partial charge in [-0.1, -0.05) is 6.07 Å². The number of carbonyl (C=O) groups is 1. The highest BCUT2D eigenvalue weighted by atomic mass is 127. The highest BCUT2D eigenvalue weighted by Crippen LogP contribution is 2.09. The van der Waals surface area contributed by atoms with Crippen molar-refractivity contribution in [1.29, 1.82) is 0 Å². The summed E-state index contributed by atoms with van der Waals surface area (Å²) < 4.78 is 7.21. The molecular weight excluding hydrogens is 473 g/mol. The number of nitrogens with zero attached hydrogens (tertiary/aromatic N) is 4. The van der Waals surface area contributed by atoms with E-state index in [2.05, 4.69) is 31.1 Å². The summed E-state index contributed by atoms with van der Waals surface area (Å²) in [6.45, 7) is 10.2. The van der Waals surface area contributed by atoms with Gasteiger partial charge in [0, 0.05) is 19.8 Å². The number of pyridine rings is 1. The molecular formula is C18H30IN7O2. The summed E-state index contributed by atoms with van der Waals surface area (Å²) >= 11 is 0. The molecule has 28 heavy (non-hydrogen) atoms. The Bertz CT molecular complexity index is 812. The second-order valence-electron chi connectivity index (χ2n) is 7.84. The van der Waals surface area contributed by atoms with Crippen LogP contribution in [0.25, 0.3) is 5.65 Å². The van der Waals surface area contributed by atoms with Crippen molar-refractivity contribution in [3.8, 4) is 0 Å². The van der Waals surface area contributed by atoms with Gasteiger partial charge < -0.3 is 20.7 Å². The Hall–Kier alpha value is -2.11. The summed E-state index contributed by atoms with van der Waals surface area (Å²) in [4.78, 5) is 16.2. The highest BCUT2D eigenvalue weighted by molar-refractivity contribution is 14.0. The van der Waals surface area contributed by atoms with Gasteiger partial charge in [-0.3, -0.25) is 9.39 Å². The number of ether oxygens (including phenoxy) is 1. The van der Waals surface area contributed by atoms with Crippen molar-refractivity contribution in [3.63, 3.8) is 0 Å². The fraction of sp³-hybridized carbons (Fsp3) is 0.556. The minimum atomic E-state index is -0.536. The molecule has 0 aliphatic rings. The van der Waals surface area contributed by atoms with Crippen molar-refractivity contribution in [2.24, 2.45) is 4.99 Å². The lowest BCUT2D eigenvalue weighted by Crippen LogP contribution is -2.54. The van der Waals surface area contributed by atoms with E-state index in [0.717, 1.165) is 11.5 Å². The maximum Gasteiger partial charge on any atom is 0.408 e. The molecule has 0 aliphatic heterocycles. The van der Waals surface area contributed by atoms with Crippen molar-refractivity contribution < 1.29 is 9.53 Å². The van der Waals surface area contributed by atoms with Gasteiger partial charge in [0.1, 0.15) is 5.60 Å². The Morgan fingerprint density at radius 2 is 1.89 bits per heavy atom. The molecule has 2 heterocycles. The lowest BCUT2D eigenvalue weighted by molar-refractivity contribution is 0.0474. The zero-order valence-electron chi connectivity index (χ0n) is 17.2. The summed E-state index contributed by atoms with van der Waals surface area (Å²) in [6.07, 6.45) is 1.46. The predicted octanol–water partition coefficient (Wildman–Crippen LogP) is 2.32. The number of hydrogen-bond acceptors (Lipinski definition) is 5. The summed E-state index contributed by atoms with van der Waals surface area (Å²) in [5.41, 5.74) is -0.270. The third-order valence-corrected chi connectivity index (χ3v) is 3.56. The molecule has 2 rings (SSSR count). The van der Waals surface area contributed by atoms with Gasteiger partial charge in [-0.25, -0.2) is 4.79 Å². The van der Waals surface area contributed by atoms with Gasteiger partial charge in [0.15, 0.2) is 17.4 Å². The maximum atomic E-state index is 12.0. The molecule has 3 N–H and O–H groups in total. The number of alkyl carbamates (subject to hydrolysis) is 1. The number of aromatic nitrogens is 3. The number of hydrogen-bond donors (Lipinski definition) is 3. The monoisotopic (exact) mass is 503 g/mol. The van der Waals surface area contributed by atoms with E-state index in [1.54, 1.807) is 7.05 Å². The molecule has 0 aliphatic carbocycles. The zero-order valence-corrected chi connectivity index (χ0v) is 19.6. The fourth-order valence-electron chi connectivity index (χ4n) is 2.32.